The summed E-state index contributed by atoms with van der Waals surface area (Å²) in [6.45, 7) is 2.26. The van der Waals surface area contributed by atoms with Crippen molar-refractivity contribution in [3.8, 4) is 11.4 Å². The van der Waals surface area contributed by atoms with E-state index in [9.17, 15) is 0 Å². The van der Waals surface area contributed by atoms with Crippen LogP contribution in [0, 0.1) is 5.41 Å². The summed E-state index contributed by atoms with van der Waals surface area (Å²) in [5.41, 5.74) is 4.25. The molecule has 1 aliphatic rings. The molecule has 1 aliphatic heterocycles. The van der Waals surface area contributed by atoms with Crippen molar-refractivity contribution in [1.29, 1.82) is 0 Å². The summed E-state index contributed by atoms with van der Waals surface area (Å²) in [4.78, 5) is 8.11. The molecular weight excluding hydrogens is 318 g/mol. The molecule has 0 radical (unpaired) electrons. The van der Waals surface area contributed by atoms with Gasteiger partial charge in [-0.05, 0) is 56.2 Å². The smallest absolute Gasteiger partial charge is 0.137 e. The Morgan fingerprint density at radius 3 is 2.31 bits per heavy atom. The Morgan fingerprint density at radius 2 is 1.58 bits per heavy atom. The Kier molecular flexibility index (Phi) is 5.16. The fourth-order valence-electron chi connectivity index (χ4n) is 4.13. The highest BCUT2D eigenvalue weighted by Crippen LogP contribution is 2.37. The summed E-state index contributed by atoms with van der Waals surface area (Å²) >= 11 is 0. The molecule has 0 atom stereocenters. The fraction of sp³-hybridized carbons (Fsp3) is 0.348. The number of benzene rings is 2. The van der Waals surface area contributed by atoms with E-state index in [1.807, 2.05) is 12.3 Å². The molecule has 2 aromatic carbocycles. The van der Waals surface area contributed by atoms with Crippen molar-refractivity contribution in [3.05, 3.63) is 78.1 Å². The maximum absolute atomic E-state index is 4.59. The Balaban J connectivity index is 1.46. The van der Waals surface area contributed by atoms with E-state index in [0.717, 1.165) is 30.9 Å². The van der Waals surface area contributed by atoms with Crippen molar-refractivity contribution in [3.63, 3.8) is 0 Å². The van der Waals surface area contributed by atoms with E-state index < -0.39 is 0 Å². The summed E-state index contributed by atoms with van der Waals surface area (Å²) in [5.74, 6) is 0.975. The van der Waals surface area contributed by atoms with Crippen molar-refractivity contribution in [2.45, 2.75) is 32.1 Å². The van der Waals surface area contributed by atoms with Gasteiger partial charge >= 0.3 is 0 Å². The van der Waals surface area contributed by atoms with Gasteiger partial charge in [0.1, 0.15) is 5.82 Å². The summed E-state index contributed by atoms with van der Waals surface area (Å²) in [6.07, 6.45) is 7.96. The second kappa shape index (κ2) is 7.88. The molecule has 0 bridgehead atoms. The maximum Gasteiger partial charge on any atom is 0.137 e. The minimum atomic E-state index is 0.393. The standard InChI is InChI=1S/C23H27N3/c1-3-7-19(8-4-1)17-23(13-15-24-16-14-23)12-11-21-18-25-22(26-21)20-9-5-2-6-10-20/h1-10,18,24H,11-17H2,(H,25,26). The quantitative estimate of drug-likeness (QED) is 0.684. The molecule has 3 aromatic rings. The predicted molar refractivity (Wildman–Crippen MR) is 107 cm³/mol. The zero-order chi connectivity index (χ0) is 17.7. The van der Waals surface area contributed by atoms with Crippen LogP contribution >= 0.6 is 0 Å². The lowest BCUT2D eigenvalue weighted by Gasteiger charge is -2.38. The van der Waals surface area contributed by atoms with E-state index in [1.54, 1.807) is 0 Å². The first-order valence-electron chi connectivity index (χ1n) is 9.67. The number of hydrogen-bond donors (Lipinski definition) is 2. The van der Waals surface area contributed by atoms with Gasteiger partial charge < -0.3 is 10.3 Å². The van der Waals surface area contributed by atoms with E-state index in [4.69, 9.17) is 0 Å². The van der Waals surface area contributed by atoms with E-state index in [1.165, 1.54) is 36.9 Å². The predicted octanol–water partition coefficient (Wildman–Crippen LogP) is 4.62. The molecule has 0 unspecified atom stereocenters. The lowest BCUT2D eigenvalue weighted by atomic mass is 9.71. The summed E-state index contributed by atoms with van der Waals surface area (Å²) in [7, 11) is 0. The normalized spacial score (nSPS) is 16.5. The highest BCUT2D eigenvalue weighted by molar-refractivity contribution is 5.54. The van der Waals surface area contributed by atoms with Gasteiger partial charge in [-0.15, -0.1) is 0 Å². The van der Waals surface area contributed by atoms with Crippen LogP contribution in [0.2, 0.25) is 0 Å². The number of aryl methyl sites for hydroxylation is 1. The molecule has 3 heteroatoms. The molecule has 2 N–H and O–H groups in total. The van der Waals surface area contributed by atoms with Crippen LogP contribution < -0.4 is 5.32 Å². The van der Waals surface area contributed by atoms with E-state index >= 15 is 0 Å². The van der Waals surface area contributed by atoms with Crippen molar-refractivity contribution < 1.29 is 0 Å². The van der Waals surface area contributed by atoms with Crippen LogP contribution in [0.15, 0.2) is 66.9 Å². The molecular formula is C23H27N3. The van der Waals surface area contributed by atoms with Crippen LogP contribution in [0.25, 0.3) is 11.4 Å². The molecule has 0 aliphatic carbocycles. The number of piperidine rings is 1. The van der Waals surface area contributed by atoms with Gasteiger partial charge in [-0.25, -0.2) is 4.98 Å². The van der Waals surface area contributed by atoms with Gasteiger partial charge in [0, 0.05) is 17.5 Å². The summed E-state index contributed by atoms with van der Waals surface area (Å²) < 4.78 is 0. The van der Waals surface area contributed by atoms with Crippen LogP contribution in [0.5, 0.6) is 0 Å². The zero-order valence-corrected chi connectivity index (χ0v) is 15.2. The van der Waals surface area contributed by atoms with Crippen molar-refractivity contribution in [2.75, 3.05) is 13.1 Å². The minimum Gasteiger partial charge on any atom is -0.342 e. The number of rotatable bonds is 6. The van der Waals surface area contributed by atoms with Gasteiger partial charge in [-0.3, -0.25) is 0 Å². The fourth-order valence-corrected chi connectivity index (χ4v) is 4.13. The molecule has 4 rings (SSSR count). The SMILES string of the molecule is c1ccc(CC2(CCc3cnc(-c4ccccc4)[nH]3)CCNCC2)cc1. The van der Waals surface area contributed by atoms with Gasteiger partial charge in [0.05, 0.1) is 0 Å². The monoisotopic (exact) mass is 345 g/mol. The number of aromatic amines is 1. The number of hydrogen-bond acceptors (Lipinski definition) is 2. The molecule has 3 nitrogen and oxygen atoms in total. The first kappa shape index (κ1) is 17.0. The number of nitrogens with zero attached hydrogens (tertiary/aromatic N) is 1. The zero-order valence-electron chi connectivity index (χ0n) is 15.2. The van der Waals surface area contributed by atoms with Gasteiger partial charge in [0.2, 0.25) is 0 Å². The van der Waals surface area contributed by atoms with Crippen LogP contribution in [0.1, 0.15) is 30.5 Å². The van der Waals surface area contributed by atoms with E-state index in [-0.39, 0.29) is 0 Å². The molecule has 0 amide bonds. The molecule has 134 valence electrons. The van der Waals surface area contributed by atoms with Gasteiger partial charge in [0.25, 0.3) is 0 Å². The molecule has 1 aromatic heterocycles. The van der Waals surface area contributed by atoms with E-state index in [0.29, 0.717) is 5.41 Å². The number of aromatic nitrogens is 2. The Morgan fingerprint density at radius 1 is 0.885 bits per heavy atom. The third-order valence-electron chi connectivity index (χ3n) is 5.69. The van der Waals surface area contributed by atoms with Crippen LogP contribution in [-0.4, -0.2) is 23.1 Å². The Hall–Kier alpha value is -2.39. The molecule has 1 fully saturated rings. The number of nitrogens with one attached hydrogen (secondary N) is 2. The second-order valence-electron chi connectivity index (χ2n) is 7.54. The summed E-state index contributed by atoms with van der Waals surface area (Å²) in [6, 6.07) is 21.3. The van der Waals surface area contributed by atoms with Crippen LogP contribution in [0.4, 0.5) is 0 Å². The third kappa shape index (κ3) is 4.05. The summed E-state index contributed by atoms with van der Waals surface area (Å²) in [5, 5.41) is 3.53. The first-order valence-corrected chi connectivity index (χ1v) is 9.67. The highest BCUT2D eigenvalue weighted by atomic mass is 14.9. The number of imidazole rings is 1. The third-order valence-corrected chi connectivity index (χ3v) is 5.69. The lowest BCUT2D eigenvalue weighted by molar-refractivity contribution is 0.183. The highest BCUT2D eigenvalue weighted by Gasteiger charge is 2.32. The molecule has 26 heavy (non-hydrogen) atoms. The van der Waals surface area contributed by atoms with Crippen molar-refractivity contribution in [2.24, 2.45) is 5.41 Å². The van der Waals surface area contributed by atoms with Crippen molar-refractivity contribution in [1.82, 2.24) is 15.3 Å². The minimum absolute atomic E-state index is 0.393. The Bertz CT molecular complexity index is 802. The van der Waals surface area contributed by atoms with Crippen LogP contribution in [-0.2, 0) is 12.8 Å². The molecule has 0 saturated carbocycles. The lowest BCUT2D eigenvalue weighted by Crippen LogP contribution is -2.38. The largest absolute Gasteiger partial charge is 0.342 e. The first-order chi connectivity index (χ1) is 12.8. The van der Waals surface area contributed by atoms with Gasteiger partial charge in [0.15, 0.2) is 0 Å². The van der Waals surface area contributed by atoms with Crippen LogP contribution in [0.3, 0.4) is 0 Å². The molecule has 2 heterocycles. The average Bonchev–Trinajstić information content (AvgIpc) is 3.18. The number of H-pyrrole nitrogens is 1. The van der Waals surface area contributed by atoms with Gasteiger partial charge in [-0.2, -0.15) is 0 Å². The maximum atomic E-state index is 4.59. The average molecular weight is 345 g/mol. The van der Waals surface area contributed by atoms with Crippen molar-refractivity contribution >= 4 is 0 Å². The molecule has 0 spiro atoms. The molecule has 1 saturated heterocycles. The topological polar surface area (TPSA) is 40.7 Å². The Labute approximate surface area is 155 Å². The van der Waals surface area contributed by atoms with Gasteiger partial charge in [-0.1, -0.05) is 60.7 Å². The second-order valence-corrected chi connectivity index (χ2v) is 7.54. The van der Waals surface area contributed by atoms with E-state index in [2.05, 4.69) is 69.9 Å².